The molecule has 0 radical (unpaired) electrons. The summed E-state index contributed by atoms with van der Waals surface area (Å²) in [6, 6.07) is 6.27. The first-order valence-electron chi connectivity index (χ1n) is 9.30. The van der Waals surface area contributed by atoms with Gasteiger partial charge in [-0.25, -0.2) is 0 Å². The lowest BCUT2D eigenvalue weighted by Gasteiger charge is -2.59. The molecule has 3 nitrogen and oxygen atoms in total. The first-order valence-corrected chi connectivity index (χ1v) is 9.30. The molecule has 4 bridgehead atoms. The molecule has 1 atom stereocenters. The SMILES string of the molecule is C[C@H](NC(=O)c1ccccc1OC(F)F)C12CC3CC(CC(C3)C1)C2. The average molecular weight is 349 g/mol. The topological polar surface area (TPSA) is 38.3 Å². The monoisotopic (exact) mass is 349 g/mol. The largest absolute Gasteiger partial charge is 0.434 e. The molecule has 0 aliphatic heterocycles. The fraction of sp³-hybridized carbons (Fsp3) is 0.650. The van der Waals surface area contributed by atoms with E-state index in [0.29, 0.717) is 0 Å². The van der Waals surface area contributed by atoms with Gasteiger partial charge in [-0.3, -0.25) is 4.79 Å². The van der Waals surface area contributed by atoms with Crippen LogP contribution in [0.15, 0.2) is 24.3 Å². The Morgan fingerprint density at radius 3 is 2.24 bits per heavy atom. The third kappa shape index (κ3) is 3.13. The summed E-state index contributed by atoms with van der Waals surface area (Å²) in [5, 5.41) is 3.10. The highest BCUT2D eigenvalue weighted by Gasteiger charge is 2.53. The first kappa shape index (κ1) is 16.8. The highest BCUT2D eigenvalue weighted by molar-refractivity contribution is 5.97. The summed E-state index contributed by atoms with van der Waals surface area (Å²) in [7, 11) is 0. The van der Waals surface area contributed by atoms with Crippen molar-refractivity contribution in [2.24, 2.45) is 23.2 Å². The van der Waals surface area contributed by atoms with Crippen LogP contribution in [0.3, 0.4) is 0 Å². The number of carbonyl (C=O) groups excluding carboxylic acids is 1. The standard InChI is InChI=1S/C20H25F2NO2/c1-12(20-9-13-6-14(10-20)8-15(7-13)11-20)23-18(24)16-4-2-3-5-17(16)25-19(21)22/h2-5,12-15,19H,6-11H2,1H3,(H,23,24)/t12-,13?,14?,15?,20?/m0/s1. The van der Waals surface area contributed by atoms with Crippen LogP contribution < -0.4 is 10.1 Å². The van der Waals surface area contributed by atoms with Crippen LogP contribution in [0.5, 0.6) is 5.75 Å². The van der Waals surface area contributed by atoms with Crippen molar-refractivity contribution in [2.75, 3.05) is 0 Å². The lowest BCUT2D eigenvalue weighted by molar-refractivity contribution is -0.0689. The Kier molecular flexibility index (Phi) is 4.20. The second kappa shape index (κ2) is 6.26. The fourth-order valence-electron chi connectivity index (χ4n) is 5.99. The van der Waals surface area contributed by atoms with E-state index in [4.69, 9.17) is 0 Å². The van der Waals surface area contributed by atoms with Crippen LogP contribution in [0, 0.1) is 23.2 Å². The Morgan fingerprint density at radius 2 is 1.68 bits per heavy atom. The molecular weight excluding hydrogens is 324 g/mol. The van der Waals surface area contributed by atoms with Crippen LogP contribution in [0.2, 0.25) is 0 Å². The van der Waals surface area contributed by atoms with Gasteiger partial charge in [-0.2, -0.15) is 8.78 Å². The predicted molar refractivity (Wildman–Crippen MR) is 90.6 cm³/mol. The molecule has 1 N–H and O–H groups in total. The summed E-state index contributed by atoms with van der Waals surface area (Å²) in [4.78, 5) is 12.7. The van der Waals surface area contributed by atoms with Crippen LogP contribution in [-0.4, -0.2) is 18.6 Å². The molecule has 1 aromatic rings. The molecule has 0 spiro atoms. The maximum atomic E-state index is 12.7. The van der Waals surface area contributed by atoms with E-state index in [1.165, 1.54) is 44.6 Å². The lowest BCUT2D eigenvalue weighted by atomic mass is 9.48. The summed E-state index contributed by atoms with van der Waals surface area (Å²) < 4.78 is 29.7. The Hall–Kier alpha value is -1.65. The van der Waals surface area contributed by atoms with Crippen molar-refractivity contribution in [3.63, 3.8) is 0 Å². The molecule has 4 aliphatic carbocycles. The van der Waals surface area contributed by atoms with Gasteiger partial charge in [0.2, 0.25) is 0 Å². The number of hydrogen-bond donors (Lipinski definition) is 1. The van der Waals surface area contributed by atoms with Gasteiger partial charge in [0.1, 0.15) is 5.75 Å². The zero-order valence-corrected chi connectivity index (χ0v) is 14.5. The Labute approximate surface area is 147 Å². The minimum atomic E-state index is -2.94. The molecule has 4 aliphatic rings. The minimum Gasteiger partial charge on any atom is -0.434 e. The van der Waals surface area contributed by atoms with E-state index < -0.39 is 6.61 Å². The Morgan fingerprint density at radius 1 is 1.12 bits per heavy atom. The van der Waals surface area contributed by atoms with Crippen LogP contribution in [0.25, 0.3) is 0 Å². The van der Waals surface area contributed by atoms with Crippen LogP contribution in [0.4, 0.5) is 8.78 Å². The molecular formula is C20H25F2NO2. The quantitative estimate of drug-likeness (QED) is 0.842. The summed E-state index contributed by atoms with van der Waals surface area (Å²) in [5.74, 6) is 2.03. The van der Waals surface area contributed by atoms with Gasteiger partial charge in [-0.1, -0.05) is 12.1 Å². The molecule has 0 unspecified atom stereocenters. The molecule has 1 amide bonds. The van der Waals surface area contributed by atoms with E-state index in [0.717, 1.165) is 17.8 Å². The van der Waals surface area contributed by atoms with Gasteiger partial charge in [-0.05, 0) is 80.8 Å². The number of benzene rings is 1. The molecule has 0 heterocycles. The van der Waals surface area contributed by atoms with Gasteiger partial charge < -0.3 is 10.1 Å². The predicted octanol–water partition coefficient (Wildman–Crippen LogP) is 4.62. The third-order valence-electron chi connectivity index (χ3n) is 6.70. The molecule has 0 saturated heterocycles. The van der Waals surface area contributed by atoms with Crippen molar-refractivity contribution >= 4 is 5.91 Å². The molecule has 5 heteroatoms. The molecule has 136 valence electrons. The van der Waals surface area contributed by atoms with Crippen LogP contribution >= 0.6 is 0 Å². The van der Waals surface area contributed by atoms with Gasteiger partial charge in [0.15, 0.2) is 0 Å². The maximum Gasteiger partial charge on any atom is 0.387 e. The van der Waals surface area contributed by atoms with Crippen LogP contribution in [-0.2, 0) is 0 Å². The fourth-order valence-corrected chi connectivity index (χ4v) is 5.99. The van der Waals surface area contributed by atoms with E-state index in [1.54, 1.807) is 18.2 Å². The van der Waals surface area contributed by atoms with Gasteiger partial charge >= 0.3 is 6.61 Å². The minimum absolute atomic E-state index is 0.0491. The second-order valence-electron chi connectivity index (χ2n) is 8.35. The molecule has 5 rings (SSSR count). The van der Waals surface area contributed by atoms with Gasteiger partial charge in [0.05, 0.1) is 5.56 Å². The number of hydrogen-bond acceptors (Lipinski definition) is 2. The van der Waals surface area contributed by atoms with Crippen molar-refractivity contribution < 1.29 is 18.3 Å². The number of carbonyl (C=O) groups is 1. The van der Waals surface area contributed by atoms with Crippen LogP contribution in [0.1, 0.15) is 55.8 Å². The molecule has 4 saturated carbocycles. The van der Waals surface area contributed by atoms with E-state index in [-0.39, 0.29) is 28.7 Å². The van der Waals surface area contributed by atoms with Crippen molar-refractivity contribution in [3.05, 3.63) is 29.8 Å². The zero-order valence-electron chi connectivity index (χ0n) is 14.5. The molecule has 4 fully saturated rings. The highest BCUT2D eigenvalue weighted by Crippen LogP contribution is 2.61. The van der Waals surface area contributed by atoms with Crippen molar-refractivity contribution in [1.82, 2.24) is 5.32 Å². The van der Waals surface area contributed by atoms with E-state index in [2.05, 4.69) is 17.0 Å². The van der Waals surface area contributed by atoms with Gasteiger partial charge in [-0.15, -0.1) is 0 Å². The number of halogens is 2. The van der Waals surface area contributed by atoms with Crippen molar-refractivity contribution in [2.45, 2.75) is 58.1 Å². The first-order chi connectivity index (χ1) is 11.9. The second-order valence-corrected chi connectivity index (χ2v) is 8.35. The molecule has 25 heavy (non-hydrogen) atoms. The lowest BCUT2D eigenvalue weighted by Crippen LogP contribution is -2.55. The van der Waals surface area contributed by atoms with E-state index in [1.807, 2.05) is 0 Å². The van der Waals surface area contributed by atoms with E-state index >= 15 is 0 Å². The summed E-state index contributed by atoms with van der Waals surface area (Å²) in [5.41, 5.74) is 0.363. The van der Waals surface area contributed by atoms with Gasteiger partial charge in [0, 0.05) is 6.04 Å². The smallest absolute Gasteiger partial charge is 0.387 e. The number of para-hydroxylation sites is 1. The Balaban J connectivity index is 1.50. The van der Waals surface area contributed by atoms with Crippen molar-refractivity contribution in [3.8, 4) is 5.75 Å². The molecule has 1 aromatic carbocycles. The number of rotatable bonds is 5. The number of amides is 1. The normalized spacial score (nSPS) is 34.2. The summed E-state index contributed by atoms with van der Waals surface area (Å²) in [6.45, 7) is -0.851. The molecule has 0 aromatic heterocycles. The average Bonchev–Trinajstić information content (AvgIpc) is 2.53. The van der Waals surface area contributed by atoms with Crippen molar-refractivity contribution in [1.29, 1.82) is 0 Å². The maximum absolute atomic E-state index is 12.7. The summed E-state index contributed by atoms with van der Waals surface area (Å²) in [6.07, 6.45) is 7.63. The summed E-state index contributed by atoms with van der Waals surface area (Å²) >= 11 is 0. The number of nitrogens with one attached hydrogen (secondary N) is 1. The Bertz CT molecular complexity index is 626. The number of ether oxygens (including phenoxy) is 1. The number of alkyl halides is 2. The third-order valence-corrected chi connectivity index (χ3v) is 6.70. The van der Waals surface area contributed by atoms with E-state index in [9.17, 15) is 13.6 Å². The highest BCUT2D eigenvalue weighted by atomic mass is 19.3. The van der Waals surface area contributed by atoms with Gasteiger partial charge in [0.25, 0.3) is 5.91 Å². The zero-order chi connectivity index (χ0) is 17.6.